The number of nitrogens with one attached hydrogen (secondary N) is 1. The predicted octanol–water partition coefficient (Wildman–Crippen LogP) is 8.29. The van der Waals surface area contributed by atoms with Crippen molar-refractivity contribution in [3.05, 3.63) is 120 Å². The molecule has 17 heteroatoms. The SMILES string of the molecule is CC[C@H](c1cc(-c2ccc(C#CC3[C@H]4CN(C(=O)OC)C[C@@H]34)cc2)on1)n1ccnc1[C@H](C)O.CC[C@H](c1cc(-c2ccc(C#CC3[C@H]4CNC[C@@H]34)cc2)on1)n1ccnc1[C@H](C)O.COC(=O)Cl. The van der Waals surface area contributed by atoms with Gasteiger partial charge in [-0.2, -0.15) is 0 Å². The van der Waals surface area contributed by atoms with E-state index >= 15 is 0 Å². The van der Waals surface area contributed by atoms with Crippen LogP contribution in [0.5, 0.6) is 0 Å². The zero-order valence-corrected chi connectivity index (χ0v) is 40.2. The van der Waals surface area contributed by atoms with Crippen molar-refractivity contribution in [3.63, 3.8) is 0 Å². The number of fused-ring (bicyclic) bond motifs is 2. The molecule has 0 bridgehead atoms. The van der Waals surface area contributed by atoms with Crippen LogP contribution in [0.1, 0.15) is 99.0 Å². The van der Waals surface area contributed by atoms with E-state index in [0.29, 0.717) is 41.1 Å². The molecular formula is C52H57ClN8O8. The van der Waals surface area contributed by atoms with Crippen LogP contribution in [-0.2, 0) is 9.47 Å². The maximum Gasteiger partial charge on any atom is 0.409 e. The van der Waals surface area contributed by atoms with E-state index in [1.54, 1.807) is 31.1 Å². The Morgan fingerprint density at radius 1 is 0.725 bits per heavy atom. The number of piperidine rings is 2. The second-order valence-corrected chi connectivity index (χ2v) is 18.0. The number of aliphatic hydroxyl groups is 2. The highest BCUT2D eigenvalue weighted by molar-refractivity contribution is 6.61. The van der Waals surface area contributed by atoms with Crippen LogP contribution in [0.4, 0.5) is 9.59 Å². The van der Waals surface area contributed by atoms with Crippen LogP contribution in [-0.4, -0.2) is 96.4 Å². The van der Waals surface area contributed by atoms with E-state index in [4.69, 9.17) is 13.8 Å². The maximum atomic E-state index is 11.6. The van der Waals surface area contributed by atoms with Gasteiger partial charge >= 0.3 is 11.5 Å². The molecule has 360 valence electrons. The van der Waals surface area contributed by atoms with Crippen molar-refractivity contribution in [3.8, 4) is 46.3 Å². The van der Waals surface area contributed by atoms with Gasteiger partial charge in [-0.1, -0.05) is 47.8 Å². The van der Waals surface area contributed by atoms with Crippen LogP contribution in [0.2, 0.25) is 0 Å². The highest BCUT2D eigenvalue weighted by Gasteiger charge is 2.56. The number of halogens is 1. The van der Waals surface area contributed by atoms with Gasteiger partial charge in [0.25, 0.3) is 0 Å². The molecule has 6 aromatic rings. The number of ether oxygens (including phenoxy) is 2. The first-order valence-corrected chi connectivity index (χ1v) is 23.7. The molecule has 2 saturated heterocycles. The van der Waals surface area contributed by atoms with Gasteiger partial charge in [-0.05, 0) is 112 Å². The number of carbonyl (C=O) groups is 2. The summed E-state index contributed by atoms with van der Waals surface area (Å²) in [6, 6.07) is 19.9. The minimum atomic E-state index is -0.773. The monoisotopic (exact) mass is 956 g/mol. The number of hydrogen-bond donors (Lipinski definition) is 3. The number of benzene rings is 2. The molecule has 1 amide bonds. The fraction of sp³-hybridized carbons (Fsp3) is 0.423. The molecule has 10 atom stereocenters. The Labute approximate surface area is 406 Å². The van der Waals surface area contributed by atoms with Crippen LogP contribution in [0.3, 0.4) is 0 Å². The average Bonchev–Trinajstić information content (AvgIpc) is 4.04. The fourth-order valence-electron chi connectivity index (χ4n) is 9.50. The van der Waals surface area contributed by atoms with E-state index in [2.05, 4.69) is 79.5 Å². The number of amides is 1. The van der Waals surface area contributed by atoms with Gasteiger partial charge in [-0.3, -0.25) is 0 Å². The fourth-order valence-corrected chi connectivity index (χ4v) is 9.50. The van der Waals surface area contributed by atoms with Crippen LogP contribution in [0, 0.1) is 59.2 Å². The van der Waals surface area contributed by atoms with Crippen molar-refractivity contribution in [1.29, 1.82) is 0 Å². The van der Waals surface area contributed by atoms with Gasteiger partial charge in [-0.15, -0.1) is 0 Å². The number of likely N-dealkylation sites (tertiary alicyclic amines) is 1. The summed E-state index contributed by atoms with van der Waals surface area (Å²) in [5.74, 6) is 19.5. The highest BCUT2D eigenvalue weighted by Crippen LogP contribution is 2.51. The summed E-state index contributed by atoms with van der Waals surface area (Å²) < 4.78 is 23.9. The third kappa shape index (κ3) is 11.1. The summed E-state index contributed by atoms with van der Waals surface area (Å²) in [7, 11) is 2.64. The predicted molar refractivity (Wildman–Crippen MR) is 256 cm³/mol. The standard InChI is InChI=1S/C26H28N4O4.C24H26N4O2.C2H3ClO2/c1-4-23(30-12-11-27-25(30)16(2)31)22-13-24(34-28-22)18-8-5-17(6-9-18)7-10-19-20-14-29(15-21(19)20)26(32)33-3;1-3-22(28-11-10-26-24(28)15(2)29)21-12-23(30-27-21)17-7-4-16(5-8-17)6-9-18-19-13-25-14-20(18)19;1-5-2(3)4/h5-6,8-9,11-13,16,19-21,23,31H,4,14-15H2,1-3H3;4-5,7-8,10-12,15,18-20,22,25,29H,3,13-14H2,1-2H3;1H3/t16-,19?,20-,21+,23+;15-,18?,19-,20+,22+;/m00./s1. The van der Waals surface area contributed by atoms with E-state index < -0.39 is 17.6 Å². The Morgan fingerprint density at radius 3 is 1.52 bits per heavy atom. The lowest BCUT2D eigenvalue weighted by Gasteiger charge is -2.17. The zero-order chi connectivity index (χ0) is 48.8. The van der Waals surface area contributed by atoms with Crippen molar-refractivity contribution in [2.24, 2.45) is 35.5 Å². The lowest BCUT2D eigenvalue weighted by molar-refractivity contribution is 0.127. The second kappa shape index (κ2) is 21.7. The molecule has 4 aromatic heterocycles. The second-order valence-electron chi connectivity index (χ2n) is 17.7. The normalized spacial score (nSPS) is 22.0. The number of methoxy groups -OCH3 is 2. The number of hydrogen-bond acceptors (Lipinski definition) is 13. The number of aromatic nitrogens is 6. The first kappa shape index (κ1) is 48.8. The van der Waals surface area contributed by atoms with Gasteiger partial charge in [0.1, 0.15) is 35.2 Å². The molecule has 2 unspecified atom stereocenters. The van der Waals surface area contributed by atoms with E-state index in [0.717, 1.165) is 90.3 Å². The molecule has 0 radical (unpaired) electrons. The van der Waals surface area contributed by atoms with Crippen LogP contribution >= 0.6 is 11.6 Å². The minimum Gasteiger partial charge on any atom is -0.457 e. The first-order valence-electron chi connectivity index (χ1n) is 23.3. The molecule has 4 aliphatic rings. The molecule has 4 fully saturated rings. The van der Waals surface area contributed by atoms with Gasteiger partial charge in [0.2, 0.25) is 0 Å². The molecule has 6 heterocycles. The minimum absolute atomic E-state index is 0.0350. The lowest BCUT2D eigenvalue weighted by Crippen LogP contribution is -2.31. The zero-order valence-electron chi connectivity index (χ0n) is 39.5. The molecule has 2 aliphatic carbocycles. The number of aliphatic hydroxyl groups excluding tert-OH is 2. The molecule has 0 spiro atoms. The summed E-state index contributed by atoms with van der Waals surface area (Å²) in [6.45, 7) is 11.3. The number of rotatable bonds is 10. The van der Waals surface area contributed by atoms with Gasteiger partial charge < -0.3 is 48.1 Å². The van der Waals surface area contributed by atoms with Crippen LogP contribution in [0.15, 0.2) is 94.5 Å². The molecule has 10 rings (SSSR count). The average molecular weight is 958 g/mol. The van der Waals surface area contributed by atoms with E-state index in [9.17, 15) is 19.8 Å². The molecule has 2 aromatic carbocycles. The van der Waals surface area contributed by atoms with Crippen molar-refractivity contribution in [1.82, 2.24) is 39.6 Å². The number of imidazole rings is 2. The Kier molecular flexibility index (Phi) is 15.4. The van der Waals surface area contributed by atoms with Crippen molar-refractivity contribution in [2.45, 2.75) is 64.8 Å². The van der Waals surface area contributed by atoms with Crippen LogP contribution in [0.25, 0.3) is 22.6 Å². The number of nitrogens with zero attached hydrogens (tertiary/aromatic N) is 7. The van der Waals surface area contributed by atoms with E-state index in [1.165, 1.54) is 14.2 Å². The van der Waals surface area contributed by atoms with E-state index in [-0.39, 0.29) is 18.2 Å². The van der Waals surface area contributed by atoms with Gasteiger partial charge in [-0.25, -0.2) is 19.6 Å². The van der Waals surface area contributed by atoms with Crippen molar-refractivity contribution in [2.75, 3.05) is 40.4 Å². The lowest BCUT2D eigenvalue weighted by atomic mass is 10.1. The van der Waals surface area contributed by atoms with Crippen LogP contribution < -0.4 is 5.32 Å². The van der Waals surface area contributed by atoms with E-state index in [1.807, 2.05) is 82.2 Å². The molecule has 3 N–H and O–H groups in total. The Balaban J connectivity index is 0.000000171. The van der Waals surface area contributed by atoms with Crippen molar-refractivity contribution < 1.29 is 38.3 Å². The summed E-state index contributed by atoms with van der Waals surface area (Å²) in [4.78, 5) is 31.3. The number of carbonyl (C=O) groups excluding carboxylic acids is 2. The Morgan fingerprint density at radius 2 is 1.14 bits per heavy atom. The highest BCUT2D eigenvalue weighted by atomic mass is 35.5. The topological polar surface area (TPSA) is 196 Å². The van der Waals surface area contributed by atoms with Gasteiger partial charge in [0.15, 0.2) is 11.5 Å². The molecule has 2 aliphatic heterocycles. The third-order valence-electron chi connectivity index (χ3n) is 13.3. The summed E-state index contributed by atoms with van der Waals surface area (Å²) in [5, 5.41) is 32.0. The molecule has 69 heavy (non-hydrogen) atoms. The maximum absolute atomic E-state index is 11.6. The molecule has 16 nitrogen and oxygen atoms in total. The largest absolute Gasteiger partial charge is 0.457 e. The van der Waals surface area contributed by atoms with Gasteiger partial charge in [0.05, 0.1) is 26.3 Å². The molecular weight excluding hydrogens is 900 g/mol. The summed E-state index contributed by atoms with van der Waals surface area (Å²) in [5.41, 5.74) is 4.73. The Hall–Kier alpha value is -6.69. The third-order valence-corrected chi connectivity index (χ3v) is 13.5. The quantitative estimate of drug-likeness (QED) is 0.0877. The summed E-state index contributed by atoms with van der Waals surface area (Å²) in [6.07, 6.45) is 7.19. The molecule has 2 saturated carbocycles. The summed E-state index contributed by atoms with van der Waals surface area (Å²) >= 11 is 4.60. The smallest absolute Gasteiger partial charge is 0.409 e. The van der Waals surface area contributed by atoms with Crippen molar-refractivity contribution >= 4 is 23.1 Å². The van der Waals surface area contributed by atoms with Gasteiger partial charge in [0, 0.05) is 95.7 Å². The first-order chi connectivity index (χ1) is 33.4. The Bertz CT molecular complexity index is 2800.